The second-order valence-electron chi connectivity index (χ2n) is 14.8. The summed E-state index contributed by atoms with van der Waals surface area (Å²) in [5, 5.41) is 40.2. The van der Waals surface area contributed by atoms with Gasteiger partial charge in [0, 0.05) is 13.0 Å². The Morgan fingerprint density at radius 1 is 0.542 bits per heavy atom. The van der Waals surface area contributed by atoms with E-state index in [0.717, 1.165) is 25.7 Å². The Balaban J connectivity index is 2.28. The number of carbonyl (C=O) groups excluding carboxylic acids is 1. The fraction of sp³-hybridized carbons (Fsp3) is 0.975. The topological polar surface area (TPSA) is 126 Å². The number of esters is 1. The van der Waals surface area contributed by atoms with Crippen molar-refractivity contribution in [1.82, 2.24) is 0 Å². The molecule has 1 fully saturated rings. The third kappa shape index (κ3) is 22.8. The van der Waals surface area contributed by atoms with Gasteiger partial charge in [-0.2, -0.15) is 0 Å². The number of carbonyl (C=O) groups is 1. The van der Waals surface area contributed by atoms with Crippen molar-refractivity contribution in [3.05, 3.63) is 0 Å². The quantitative estimate of drug-likeness (QED) is 0.0392. The first kappa shape index (κ1) is 45.3. The van der Waals surface area contributed by atoms with E-state index in [-0.39, 0.29) is 19.2 Å². The van der Waals surface area contributed by atoms with Crippen molar-refractivity contribution in [3.8, 4) is 0 Å². The molecule has 0 amide bonds. The average Bonchev–Trinajstić information content (AvgIpc) is 3.26. The molecule has 0 radical (unpaired) electrons. The summed E-state index contributed by atoms with van der Waals surface area (Å²) in [4.78, 5) is 12.7. The molecule has 0 spiro atoms. The number of hydrogen-bond acceptors (Lipinski definition) is 8. The van der Waals surface area contributed by atoms with Crippen molar-refractivity contribution in [1.29, 1.82) is 0 Å². The minimum absolute atomic E-state index is 0.100. The SMILES string of the molecule is CCCCCCCCCCCCCCC(=O)OC(COCCC(C)CCCCCCCCCCCCC)COC1[C@@H](O)[C@@H](O)[C@@H](O)[C@H]1O. The zero-order chi connectivity index (χ0) is 35.2. The number of unbranched alkanes of at least 4 members (excludes halogenated alkanes) is 21. The van der Waals surface area contributed by atoms with E-state index in [1.807, 2.05) is 0 Å². The molecule has 4 N–H and O–H groups in total. The molecule has 8 heteroatoms. The van der Waals surface area contributed by atoms with Gasteiger partial charge in [-0.3, -0.25) is 4.79 Å². The molecule has 48 heavy (non-hydrogen) atoms. The first-order valence-corrected chi connectivity index (χ1v) is 20.4. The maximum Gasteiger partial charge on any atom is 0.306 e. The molecule has 8 nitrogen and oxygen atoms in total. The number of aliphatic hydroxyl groups is 4. The van der Waals surface area contributed by atoms with Gasteiger partial charge in [-0.25, -0.2) is 0 Å². The Morgan fingerprint density at radius 2 is 0.958 bits per heavy atom. The molecular formula is C40H78O8. The predicted octanol–water partition coefficient (Wildman–Crippen LogP) is 8.58. The normalized spacial score (nSPS) is 22.3. The van der Waals surface area contributed by atoms with Crippen LogP contribution in [-0.4, -0.2) is 82.8 Å². The van der Waals surface area contributed by atoms with E-state index in [2.05, 4.69) is 20.8 Å². The van der Waals surface area contributed by atoms with Crippen LogP contribution >= 0.6 is 0 Å². The molecule has 3 unspecified atom stereocenters. The van der Waals surface area contributed by atoms with Crippen LogP contribution in [0.25, 0.3) is 0 Å². The molecule has 286 valence electrons. The summed E-state index contributed by atoms with van der Waals surface area (Å²) in [6.45, 7) is 7.38. The van der Waals surface area contributed by atoms with E-state index in [9.17, 15) is 25.2 Å². The van der Waals surface area contributed by atoms with Crippen molar-refractivity contribution in [3.63, 3.8) is 0 Å². The molecule has 0 saturated heterocycles. The fourth-order valence-electron chi connectivity index (χ4n) is 6.68. The van der Waals surface area contributed by atoms with Crippen LogP contribution in [0.15, 0.2) is 0 Å². The minimum atomic E-state index is -1.49. The lowest BCUT2D eigenvalue weighted by atomic mass is 9.99. The molecule has 7 atom stereocenters. The predicted molar refractivity (Wildman–Crippen MR) is 195 cm³/mol. The lowest BCUT2D eigenvalue weighted by Crippen LogP contribution is -2.39. The molecule has 1 rings (SSSR count). The van der Waals surface area contributed by atoms with E-state index in [0.29, 0.717) is 18.9 Å². The molecule has 0 aromatic carbocycles. The number of ether oxygens (including phenoxy) is 3. The Kier molecular flexibility index (Phi) is 29.2. The zero-order valence-corrected chi connectivity index (χ0v) is 31.5. The van der Waals surface area contributed by atoms with E-state index in [4.69, 9.17) is 14.2 Å². The molecule has 0 bridgehead atoms. The summed E-state index contributed by atoms with van der Waals surface area (Å²) < 4.78 is 17.3. The Bertz CT molecular complexity index is 707. The van der Waals surface area contributed by atoms with Gasteiger partial charge in [-0.15, -0.1) is 0 Å². The highest BCUT2D eigenvalue weighted by Crippen LogP contribution is 2.25. The van der Waals surface area contributed by atoms with Crippen LogP contribution < -0.4 is 0 Å². The molecule has 1 saturated carbocycles. The molecule has 0 aromatic heterocycles. The maximum absolute atomic E-state index is 12.7. The number of rotatable bonds is 34. The highest BCUT2D eigenvalue weighted by atomic mass is 16.6. The van der Waals surface area contributed by atoms with Crippen molar-refractivity contribution in [2.24, 2.45) is 5.92 Å². The molecule has 0 aliphatic heterocycles. The molecule has 1 aliphatic rings. The van der Waals surface area contributed by atoms with Gasteiger partial charge in [0.2, 0.25) is 0 Å². The van der Waals surface area contributed by atoms with Gasteiger partial charge in [0.05, 0.1) is 13.2 Å². The van der Waals surface area contributed by atoms with Crippen molar-refractivity contribution in [2.45, 2.75) is 224 Å². The lowest BCUT2D eigenvalue weighted by Gasteiger charge is -2.24. The number of aliphatic hydroxyl groups excluding tert-OH is 4. The standard InChI is InChI=1S/C40H78O8/c1-4-6-8-10-12-14-16-18-20-22-24-26-28-35(41)48-34(32-47-40-38(44)36(42)37(43)39(40)45)31-46-30-29-33(3)27-25-23-21-19-17-15-13-11-9-7-5-2/h33-34,36-40,42-45H,4-32H2,1-3H3/t33?,34?,36-,37+,38-,39+,40?. The molecule has 0 aromatic rings. The monoisotopic (exact) mass is 687 g/mol. The summed E-state index contributed by atoms with van der Waals surface area (Å²) in [6, 6.07) is 0. The highest BCUT2D eigenvalue weighted by molar-refractivity contribution is 5.69. The van der Waals surface area contributed by atoms with Crippen molar-refractivity contribution in [2.75, 3.05) is 19.8 Å². The summed E-state index contributed by atoms with van der Waals surface area (Å²) in [6.07, 6.45) is 24.2. The van der Waals surface area contributed by atoms with Gasteiger partial charge in [-0.1, -0.05) is 168 Å². The van der Waals surface area contributed by atoms with E-state index in [1.54, 1.807) is 0 Å². The van der Waals surface area contributed by atoms with Crippen molar-refractivity contribution < 1.29 is 39.4 Å². The average molecular weight is 687 g/mol. The summed E-state index contributed by atoms with van der Waals surface area (Å²) in [7, 11) is 0. The Morgan fingerprint density at radius 3 is 1.42 bits per heavy atom. The van der Waals surface area contributed by atoms with Crippen LogP contribution in [0.2, 0.25) is 0 Å². The van der Waals surface area contributed by atoms with Crippen LogP contribution in [0.4, 0.5) is 0 Å². The van der Waals surface area contributed by atoms with E-state index in [1.165, 1.54) is 135 Å². The van der Waals surface area contributed by atoms with Crippen LogP contribution in [0, 0.1) is 5.92 Å². The van der Waals surface area contributed by atoms with Gasteiger partial charge >= 0.3 is 5.97 Å². The van der Waals surface area contributed by atoms with Crippen molar-refractivity contribution >= 4 is 5.97 Å². The molecule has 0 heterocycles. The number of hydrogen-bond donors (Lipinski definition) is 4. The minimum Gasteiger partial charge on any atom is -0.457 e. The smallest absolute Gasteiger partial charge is 0.306 e. The lowest BCUT2D eigenvalue weighted by molar-refractivity contribution is -0.163. The third-order valence-electron chi connectivity index (χ3n) is 10.1. The molecular weight excluding hydrogens is 608 g/mol. The van der Waals surface area contributed by atoms with Gasteiger partial charge in [-0.05, 0) is 18.8 Å². The van der Waals surface area contributed by atoms with E-state index < -0.39 is 36.6 Å². The summed E-state index contributed by atoms with van der Waals surface area (Å²) in [5.41, 5.74) is 0. The van der Waals surface area contributed by atoms with E-state index >= 15 is 0 Å². The second-order valence-corrected chi connectivity index (χ2v) is 14.8. The van der Waals surface area contributed by atoms with Crippen LogP contribution in [0.3, 0.4) is 0 Å². The Labute approximate surface area is 295 Å². The van der Waals surface area contributed by atoms with Crippen LogP contribution in [0.5, 0.6) is 0 Å². The fourth-order valence-corrected chi connectivity index (χ4v) is 6.68. The van der Waals surface area contributed by atoms with Crippen LogP contribution in [-0.2, 0) is 19.0 Å². The first-order chi connectivity index (χ1) is 23.3. The van der Waals surface area contributed by atoms with Gasteiger partial charge in [0.1, 0.15) is 36.6 Å². The van der Waals surface area contributed by atoms with Gasteiger partial charge in [0.25, 0.3) is 0 Å². The zero-order valence-electron chi connectivity index (χ0n) is 31.5. The molecule has 1 aliphatic carbocycles. The van der Waals surface area contributed by atoms with Gasteiger partial charge in [0.15, 0.2) is 0 Å². The van der Waals surface area contributed by atoms with Crippen LogP contribution in [0.1, 0.15) is 188 Å². The first-order valence-electron chi connectivity index (χ1n) is 20.4. The summed E-state index contributed by atoms with van der Waals surface area (Å²) in [5.74, 6) is 0.245. The Hall–Kier alpha value is -0.770. The largest absolute Gasteiger partial charge is 0.457 e. The maximum atomic E-state index is 12.7. The highest BCUT2D eigenvalue weighted by Gasteiger charge is 2.49. The second kappa shape index (κ2) is 31.0. The third-order valence-corrected chi connectivity index (χ3v) is 10.1. The summed E-state index contributed by atoms with van der Waals surface area (Å²) >= 11 is 0. The van der Waals surface area contributed by atoms with Gasteiger partial charge < -0.3 is 34.6 Å².